The molecule has 0 radical (unpaired) electrons. The van der Waals surface area contributed by atoms with Gasteiger partial charge in [0.2, 0.25) is 10.0 Å². The normalized spacial score (nSPS) is 17.4. The second-order valence-corrected chi connectivity index (χ2v) is 7.72. The van der Waals surface area contributed by atoms with Gasteiger partial charge in [-0.3, -0.25) is 0 Å². The minimum atomic E-state index is -3.71. The van der Waals surface area contributed by atoms with Crippen molar-refractivity contribution in [2.45, 2.75) is 37.1 Å². The zero-order valence-electron chi connectivity index (χ0n) is 13.7. The van der Waals surface area contributed by atoms with E-state index in [4.69, 9.17) is 4.74 Å². The first-order valence-electron chi connectivity index (χ1n) is 7.86. The third-order valence-electron chi connectivity index (χ3n) is 4.39. The molecule has 0 fully saturated rings. The summed E-state index contributed by atoms with van der Waals surface area (Å²) in [7, 11) is -2.10. The molecular formula is C18H20FNO3S. The van der Waals surface area contributed by atoms with E-state index in [1.165, 1.54) is 18.2 Å². The summed E-state index contributed by atoms with van der Waals surface area (Å²) in [5.41, 5.74) is 2.47. The number of nitrogens with one attached hydrogen (secondary N) is 1. The van der Waals surface area contributed by atoms with Gasteiger partial charge in [0.1, 0.15) is 11.6 Å². The number of ether oxygens (including phenoxy) is 1. The molecule has 3 rings (SSSR count). The smallest absolute Gasteiger partial charge is 0.241 e. The highest BCUT2D eigenvalue weighted by Crippen LogP contribution is 2.33. The molecule has 0 saturated carbocycles. The van der Waals surface area contributed by atoms with Gasteiger partial charge in [-0.1, -0.05) is 6.07 Å². The van der Waals surface area contributed by atoms with Crippen molar-refractivity contribution in [2.24, 2.45) is 0 Å². The van der Waals surface area contributed by atoms with E-state index in [1.807, 2.05) is 18.2 Å². The molecule has 1 aliphatic rings. The Morgan fingerprint density at radius 1 is 1.21 bits per heavy atom. The number of hydrogen-bond acceptors (Lipinski definition) is 3. The fourth-order valence-corrected chi connectivity index (χ4v) is 4.68. The first-order chi connectivity index (χ1) is 11.4. The Labute approximate surface area is 141 Å². The summed E-state index contributed by atoms with van der Waals surface area (Å²) in [6.45, 7) is 1.59. The lowest BCUT2D eigenvalue weighted by Crippen LogP contribution is -2.31. The lowest BCUT2D eigenvalue weighted by molar-refractivity contribution is 0.412. The quantitative estimate of drug-likeness (QED) is 0.919. The molecule has 0 aliphatic heterocycles. The monoisotopic (exact) mass is 349 g/mol. The van der Waals surface area contributed by atoms with Crippen LogP contribution in [0, 0.1) is 12.7 Å². The molecule has 4 nitrogen and oxygen atoms in total. The van der Waals surface area contributed by atoms with Crippen LogP contribution >= 0.6 is 0 Å². The molecule has 0 amide bonds. The molecule has 0 heterocycles. The maximum atomic E-state index is 13.2. The van der Waals surface area contributed by atoms with E-state index in [2.05, 4.69) is 4.72 Å². The molecule has 0 unspecified atom stereocenters. The summed E-state index contributed by atoms with van der Waals surface area (Å²) in [6, 6.07) is 9.14. The lowest BCUT2D eigenvalue weighted by Gasteiger charge is -2.27. The van der Waals surface area contributed by atoms with Crippen LogP contribution in [0.2, 0.25) is 0 Å². The largest absolute Gasteiger partial charge is 0.497 e. The van der Waals surface area contributed by atoms with Crippen LogP contribution in [0.15, 0.2) is 41.3 Å². The van der Waals surface area contributed by atoms with Crippen LogP contribution in [0.25, 0.3) is 0 Å². The number of rotatable bonds is 4. The van der Waals surface area contributed by atoms with E-state index in [9.17, 15) is 12.8 Å². The highest BCUT2D eigenvalue weighted by molar-refractivity contribution is 7.89. The Morgan fingerprint density at radius 2 is 2.00 bits per heavy atom. The van der Waals surface area contributed by atoms with Crippen LogP contribution in [-0.4, -0.2) is 15.5 Å². The number of fused-ring (bicyclic) bond motifs is 1. The Kier molecular flexibility index (Phi) is 4.60. The van der Waals surface area contributed by atoms with Gasteiger partial charge in [0.05, 0.1) is 12.0 Å². The van der Waals surface area contributed by atoms with Crippen molar-refractivity contribution in [1.29, 1.82) is 0 Å². The molecule has 1 N–H and O–H groups in total. The summed E-state index contributed by atoms with van der Waals surface area (Å²) >= 11 is 0. The Hall–Kier alpha value is -1.92. The molecule has 1 atom stereocenters. The van der Waals surface area contributed by atoms with Gasteiger partial charge in [-0.05, 0) is 73.2 Å². The van der Waals surface area contributed by atoms with E-state index >= 15 is 0 Å². The first-order valence-corrected chi connectivity index (χ1v) is 9.34. The number of benzene rings is 2. The summed E-state index contributed by atoms with van der Waals surface area (Å²) in [5.74, 6) is 0.327. The van der Waals surface area contributed by atoms with Crippen molar-refractivity contribution >= 4 is 10.0 Å². The minimum absolute atomic E-state index is 0.115. The number of hydrogen-bond donors (Lipinski definition) is 1. The number of methoxy groups -OCH3 is 1. The Bertz CT molecular complexity index is 865. The Morgan fingerprint density at radius 3 is 2.71 bits per heavy atom. The van der Waals surface area contributed by atoms with Gasteiger partial charge in [-0.25, -0.2) is 17.5 Å². The van der Waals surface area contributed by atoms with Crippen LogP contribution in [0.1, 0.15) is 35.6 Å². The molecule has 1 aliphatic carbocycles. The van der Waals surface area contributed by atoms with Gasteiger partial charge in [-0.2, -0.15) is 0 Å². The standard InChI is InChI=1S/C18H20FNO3S/c1-12-10-14(19)6-9-18(12)24(21,22)20-17-5-3-4-13-11-15(23-2)7-8-16(13)17/h6-11,17,20H,3-5H2,1-2H3/t17-/m1/s1. The van der Waals surface area contributed by atoms with Gasteiger partial charge < -0.3 is 4.74 Å². The topological polar surface area (TPSA) is 55.4 Å². The van der Waals surface area contributed by atoms with Crippen molar-refractivity contribution in [3.05, 3.63) is 58.9 Å². The predicted molar refractivity (Wildman–Crippen MR) is 90.1 cm³/mol. The molecule has 24 heavy (non-hydrogen) atoms. The maximum absolute atomic E-state index is 13.2. The fourth-order valence-electron chi connectivity index (χ4n) is 3.21. The zero-order chi connectivity index (χ0) is 17.3. The van der Waals surface area contributed by atoms with Gasteiger partial charge >= 0.3 is 0 Å². The molecular weight excluding hydrogens is 329 g/mol. The average Bonchev–Trinajstić information content (AvgIpc) is 2.54. The van der Waals surface area contributed by atoms with Crippen molar-refractivity contribution in [3.63, 3.8) is 0 Å². The molecule has 2 aromatic rings. The number of halogens is 1. The van der Waals surface area contributed by atoms with Crippen molar-refractivity contribution in [1.82, 2.24) is 4.72 Å². The van der Waals surface area contributed by atoms with E-state index in [0.717, 1.165) is 36.1 Å². The average molecular weight is 349 g/mol. The molecule has 0 aromatic heterocycles. The SMILES string of the molecule is COc1ccc2c(c1)CCC[C@H]2NS(=O)(=O)c1ccc(F)cc1C. The van der Waals surface area contributed by atoms with Gasteiger partial charge in [0, 0.05) is 6.04 Å². The van der Waals surface area contributed by atoms with Crippen LogP contribution in [0.3, 0.4) is 0 Å². The molecule has 0 saturated heterocycles. The molecule has 0 bridgehead atoms. The number of aryl methyl sites for hydroxylation is 2. The third kappa shape index (κ3) is 3.30. The summed E-state index contributed by atoms with van der Waals surface area (Å²) in [4.78, 5) is 0.115. The summed E-state index contributed by atoms with van der Waals surface area (Å²) < 4.78 is 46.7. The van der Waals surface area contributed by atoms with Crippen LogP contribution in [0.4, 0.5) is 4.39 Å². The first kappa shape index (κ1) is 16.9. The van der Waals surface area contributed by atoms with E-state index in [-0.39, 0.29) is 10.9 Å². The van der Waals surface area contributed by atoms with Crippen molar-refractivity contribution in [2.75, 3.05) is 7.11 Å². The van der Waals surface area contributed by atoms with E-state index in [0.29, 0.717) is 5.56 Å². The lowest BCUT2D eigenvalue weighted by atomic mass is 9.88. The molecule has 128 valence electrons. The third-order valence-corrected chi connectivity index (χ3v) is 6.02. The van der Waals surface area contributed by atoms with Gasteiger partial charge in [-0.15, -0.1) is 0 Å². The van der Waals surface area contributed by atoms with Crippen LogP contribution in [-0.2, 0) is 16.4 Å². The molecule has 2 aromatic carbocycles. The van der Waals surface area contributed by atoms with Crippen molar-refractivity contribution < 1.29 is 17.5 Å². The molecule has 0 spiro atoms. The van der Waals surface area contributed by atoms with E-state index in [1.54, 1.807) is 14.0 Å². The highest BCUT2D eigenvalue weighted by atomic mass is 32.2. The summed E-state index contributed by atoms with van der Waals surface area (Å²) in [5, 5.41) is 0. The van der Waals surface area contributed by atoms with Crippen LogP contribution < -0.4 is 9.46 Å². The number of sulfonamides is 1. The predicted octanol–water partition coefficient (Wildman–Crippen LogP) is 3.50. The minimum Gasteiger partial charge on any atom is -0.497 e. The van der Waals surface area contributed by atoms with Crippen molar-refractivity contribution in [3.8, 4) is 5.75 Å². The van der Waals surface area contributed by atoms with E-state index < -0.39 is 15.8 Å². The highest BCUT2D eigenvalue weighted by Gasteiger charge is 2.27. The van der Waals surface area contributed by atoms with Gasteiger partial charge in [0.15, 0.2) is 0 Å². The molecule has 6 heteroatoms. The second-order valence-electron chi connectivity index (χ2n) is 6.04. The Balaban J connectivity index is 1.92. The fraction of sp³-hybridized carbons (Fsp3) is 0.333. The zero-order valence-corrected chi connectivity index (χ0v) is 14.5. The summed E-state index contributed by atoms with van der Waals surface area (Å²) in [6.07, 6.45) is 2.54. The van der Waals surface area contributed by atoms with Crippen LogP contribution in [0.5, 0.6) is 5.75 Å². The maximum Gasteiger partial charge on any atom is 0.241 e. The second kappa shape index (κ2) is 6.53. The van der Waals surface area contributed by atoms with Gasteiger partial charge in [0.25, 0.3) is 0 Å².